The molecule has 0 aliphatic rings. The molecule has 2 heterocycles. The zero-order valence-corrected chi connectivity index (χ0v) is 18.5. The number of para-hydroxylation sites is 2. The highest BCUT2D eigenvalue weighted by molar-refractivity contribution is 5.94. The summed E-state index contributed by atoms with van der Waals surface area (Å²) in [7, 11) is 0. The molecule has 2 aromatic heterocycles. The van der Waals surface area contributed by atoms with Gasteiger partial charge >= 0.3 is 0 Å². The van der Waals surface area contributed by atoms with Crippen LogP contribution >= 0.6 is 0 Å². The van der Waals surface area contributed by atoms with Gasteiger partial charge in [-0.05, 0) is 47.7 Å². The van der Waals surface area contributed by atoms with Crippen molar-refractivity contribution >= 4 is 16.9 Å². The van der Waals surface area contributed by atoms with Crippen molar-refractivity contribution in [3.05, 3.63) is 95.6 Å². The lowest BCUT2D eigenvalue weighted by molar-refractivity contribution is 0.0937. The Bertz CT molecular complexity index is 1190. The molecule has 0 aliphatic heterocycles. The molecule has 0 saturated heterocycles. The van der Waals surface area contributed by atoms with Gasteiger partial charge in [-0.25, -0.2) is 4.98 Å². The van der Waals surface area contributed by atoms with Gasteiger partial charge in [0.1, 0.15) is 5.82 Å². The van der Waals surface area contributed by atoms with E-state index in [4.69, 9.17) is 4.98 Å². The van der Waals surface area contributed by atoms with E-state index >= 15 is 0 Å². The number of imidazole rings is 1. The molecular weight excluding hydrogens is 384 g/mol. The summed E-state index contributed by atoms with van der Waals surface area (Å²) in [5.41, 5.74) is 5.14. The number of pyridine rings is 1. The Morgan fingerprint density at radius 3 is 2.45 bits per heavy atom. The van der Waals surface area contributed by atoms with Gasteiger partial charge in [0.15, 0.2) is 0 Å². The predicted molar refractivity (Wildman–Crippen MR) is 124 cm³/mol. The highest BCUT2D eigenvalue weighted by Gasteiger charge is 2.20. The molecule has 31 heavy (non-hydrogen) atoms. The second-order valence-electron chi connectivity index (χ2n) is 8.93. The molecule has 2 aromatic carbocycles. The molecule has 0 bridgehead atoms. The molecule has 1 atom stereocenters. The maximum atomic E-state index is 12.7. The standard InChI is InChI=1S/C26H28N4O/c1-18(28-25(31)20-8-7-15-27-16-20)24-29-22-9-5-6-10-23(22)30(24)17-19-11-13-21(14-12-19)26(2,3)4/h5-16,18H,17H2,1-4H3,(H,28,31). The van der Waals surface area contributed by atoms with Gasteiger partial charge < -0.3 is 9.88 Å². The molecule has 0 saturated carbocycles. The van der Waals surface area contributed by atoms with Crippen molar-refractivity contribution in [2.75, 3.05) is 0 Å². The first-order valence-corrected chi connectivity index (χ1v) is 10.6. The van der Waals surface area contributed by atoms with Gasteiger partial charge in [-0.3, -0.25) is 9.78 Å². The van der Waals surface area contributed by atoms with E-state index in [9.17, 15) is 4.79 Å². The number of aromatic nitrogens is 3. The average molecular weight is 413 g/mol. The van der Waals surface area contributed by atoms with E-state index in [0.717, 1.165) is 16.9 Å². The first-order valence-electron chi connectivity index (χ1n) is 10.6. The van der Waals surface area contributed by atoms with Crippen LogP contribution in [0.5, 0.6) is 0 Å². The van der Waals surface area contributed by atoms with Gasteiger partial charge in [0.2, 0.25) is 0 Å². The predicted octanol–water partition coefficient (Wildman–Crippen LogP) is 5.27. The fraction of sp³-hybridized carbons (Fsp3) is 0.269. The van der Waals surface area contributed by atoms with Crippen LogP contribution in [-0.2, 0) is 12.0 Å². The van der Waals surface area contributed by atoms with E-state index in [2.05, 4.69) is 66.0 Å². The van der Waals surface area contributed by atoms with Gasteiger partial charge in [0.25, 0.3) is 5.91 Å². The summed E-state index contributed by atoms with van der Waals surface area (Å²) in [5, 5.41) is 3.07. The molecule has 0 spiro atoms. The number of nitrogens with zero attached hydrogens (tertiary/aromatic N) is 3. The van der Waals surface area contributed by atoms with Crippen molar-refractivity contribution in [2.45, 2.75) is 45.7 Å². The first-order chi connectivity index (χ1) is 14.8. The molecule has 4 rings (SSSR count). The van der Waals surface area contributed by atoms with Crippen LogP contribution < -0.4 is 5.32 Å². The van der Waals surface area contributed by atoms with Crippen LogP contribution in [-0.4, -0.2) is 20.4 Å². The Balaban J connectivity index is 1.65. The molecule has 1 amide bonds. The summed E-state index contributed by atoms with van der Waals surface area (Å²) in [6, 6.07) is 20.1. The number of hydrogen-bond acceptors (Lipinski definition) is 3. The quantitative estimate of drug-likeness (QED) is 0.486. The minimum Gasteiger partial charge on any atom is -0.342 e. The highest BCUT2D eigenvalue weighted by atomic mass is 16.1. The zero-order valence-electron chi connectivity index (χ0n) is 18.5. The van der Waals surface area contributed by atoms with Crippen LogP contribution in [0.25, 0.3) is 11.0 Å². The number of fused-ring (bicyclic) bond motifs is 1. The van der Waals surface area contributed by atoms with Crippen LogP contribution in [0.2, 0.25) is 0 Å². The normalized spacial score (nSPS) is 12.6. The van der Waals surface area contributed by atoms with Crippen molar-refractivity contribution in [1.29, 1.82) is 0 Å². The van der Waals surface area contributed by atoms with Crippen molar-refractivity contribution in [3.8, 4) is 0 Å². The highest BCUT2D eigenvalue weighted by Crippen LogP contribution is 2.25. The number of benzene rings is 2. The summed E-state index contributed by atoms with van der Waals surface area (Å²) >= 11 is 0. The van der Waals surface area contributed by atoms with Crippen molar-refractivity contribution in [2.24, 2.45) is 0 Å². The lowest BCUT2D eigenvalue weighted by Crippen LogP contribution is -2.29. The summed E-state index contributed by atoms with van der Waals surface area (Å²) in [6.07, 6.45) is 3.23. The van der Waals surface area contributed by atoms with Crippen LogP contribution in [0.15, 0.2) is 73.1 Å². The summed E-state index contributed by atoms with van der Waals surface area (Å²) in [5.74, 6) is 0.673. The third-order valence-electron chi connectivity index (χ3n) is 5.50. The number of amides is 1. The smallest absolute Gasteiger partial charge is 0.253 e. The van der Waals surface area contributed by atoms with Crippen LogP contribution in [0, 0.1) is 0 Å². The zero-order chi connectivity index (χ0) is 22.0. The Morgan fingerprint density at radius 2 is 1.77 bits per heavy atom. The number of hydrogen-bond donors (Lipinski definition) is 1. The maximum absolute atomic E-state index is 12.7. The monoisotopic (exact) mass is 412 g/mol. The van der Waals surface area contributed by atoms with E-state index < -0.39 is 0 Å². The first kappa shape index (κ1) is 20.8. The van der Waals surface area contributed by atoms with Gasteiger partial charge in [-0.15, -0.1) is 0 Å². The van der Waals surface area contributed by atoms with Crippen molar-refractivity contribution in [1.82, 2.24) is 19.9 Å². The minimum atomic E-state index is -0.256. The minimum absolute atomic E-state index is 0.122. The Kier molecular flexibility index (Phi) is 5.59. The second kappa shape index (κ2) is 8.34. The largest absolute Gasteiger partial charge is 0.342 e. The molecule has 158 valence electrons. The van der Waals surface area contributed by atoms with E-state index in [-0.39, 0.29) is 17.4 Å². The fourth-order valence-corrected chi connectivity index (χ4v) is 3.73. The lowest BCUT2D eigenvalue weighted by atomic mass is 9.87. The number of carbonyl (C=O) groups excluding carboxylic acids is 1. The number of carbonyl (C=O) groups is 1. The lowest BCUT2D eigenvalue weighted by Gasteiger charge is -2.20. The summed E-state index contributed by atoms with van der Waals surface area (Å²) < 4.78 is 2.19. The molecule has 0 radical (unpaired) electrons. The van der Waals surface area contributed by atoms with Gasteiger partial charge in [0, 0.05) is 18.9 Å². The van der Waals surface area contributed by atoms with Gasteiger partial charge in [0.05, 0.1) is 22.6 Å². The Morgan fingerprint density at radius 1 is 1.03 bits per heavy atom. The van der Waals surface area contributed by atoms with E-state index in [1.54, 1.807) is 24.5 Å². The van der Waals surface area contributed by atoms with E-state index in [0.29, 0.717) is 12.1 Å². The Hall–Kier alpha value is -3.47. The molecule has 0 fully saturated rings. The molecule has 1 N–H and O–H groups in total. The fourth-order valence-electron chi connectivity index (χ4n) is 3.73. The molecular formula is C26H28N4O. The second-order valence-corrected chi connectivity index (χ2v) is 8.93. The van der Waals surface area contributed by atoms with Gasteiger partial charge in [-0.1, -0.05) is 57.2 Å². The molecule has 0 aliphatic carbocycles. The van der Waals surface area contributed by atoms with Crippen molar-refractivity contribution < 1.29 is 4.79 Å². The van der Waals surface area contributed by atoms with Crippen LogP contribution in [0.3, 0.4) is 0 Å². The maximum Gasteiger partial charge on any atom is 0.253 e. The van der Waals surface area contributed by atoms with E-state index in [1.165, 1.54) is 11.1 Å². The summed E-state index contributed by atoms with van der Waals surface area (Å²) in [6.45, 7) is 9.31. The summed E-state index contributed by atoms with van der Waals surface area (Å²) in [4.78, 5) is 21.5. The molecule has 1 unspecified atom stereocenters. The third kappa shape index (κ3) is 4.50. The van der Waals surface area contributed by atoms with Crippen molar-refractivity contribution in [3.63, 3.8) is 0 Å². The van der Waals surface area contributed by atoms with Crippen LogP contribution in [0.1, 0.15) is 61.0 Å². The average Bonchev–Trinajstić information content (AvgIpc) is 3.13. The Labute approximate surface area is 183 Å². The number of rotatable bonds is 5. The number of nitrogens with one attached hydrogen (secondary N) is 1. The third-order valence-corrected chi connectivity index (χ3v) is 5.50. The molecule has 4 aromatic rings. The SMILES string of the molecule is CC(NC(=O)c1cccnc1)c1nc2ccccc2n1Cc1ccc(C(C)(C)C)cc1. The molecule has 5 heteroatoms. The molecule has 5 nitrogen and oxygen atoms in total. The van der Waals surface area contributed by atoms with Crippen LogP contribution in [0.4, 0.5) is 0 Å². The topological polar surface area (TPSA) is 59.8 Å². The van der Waals surface area contributed by atoms with Gasteiger partial charge in [-0.2, -0.15) is 0 Å². The van der Waals surface area contributed by atoms with E-state index in [1.807, 2.05) is 25.1 Å².